The van der Waals surface area contributed by atoms with Crippen LogP contribution in [0.3, 0.4) is 0 Å². The number of likely N-dealkylation sites (tertiary alicyclic amines) is 1. The highest BCUT2D eigenvalue weighted by molar-refractivity contribution is 7.80. The molecule has 1 saturated heterocycles. The topological polar surface area (TPSA) is 61.4 Å². The highest BCUT2D eigenvalue weighted by atomic mass is 32.1. The van der Waals surface area contributed by atoms with Crippen molar-refractivity contribution < 1.29 is 9.59 Å². The van der Waals surface area contributed by atoms with Gasteiger partial charge in [-0.05, 0) is 74.3 Å². The number of carbonyl (C=O) groups is 2. The molecule has 1 heterocycles. The zero-order valence-corrected chi connectivity index (χ0v) is 17.3. The van der Waals surface area contributed by atoms with Crippen molar-refractivity contribution in [1.29, 1.82) is 0 Å². The van der Waals surface area contributed by atoms with E-state index < -0.39 is 0 Å². The maximum absolute atomic E-state index is 12.5. The summed E-state index contributed by atoms with van der Waals surface area (Å²) in [4.78, 5) is 26.4. The third-order valence-corrected chi connectivity index (χ3v) is 4.98. The number of hydrogen-bond acceptors (Lipinski definition) is 3. The molecule has 5 nitrogen and oxygen atoms in total. The maximum Gasteiger partial charge on any atom is 0.253 e. The van der Waals surface area contributed by atoms with E-state index in [-0.39, 0.29) is 16.9 Å². The van der Waals surface area contributed by atoms with Crippen molar-refractivity contribution in [3.8, 4) is 0 Å². The minimum absolute atomic E-state index is 0.0633. The van der Waals surface area contributed by atoms with Gasteiger partial charge >= 0.3 is 0 Å². The summed E-state index contributed by atoms with van der Waals surface area (Å²) in [6, 6.07) is 15.0. The molecular weight excluding hydrogens is 382 g/mol. The molecule has 1 aliphatic heterocycles. The molecular formula is C23H25N3O2S. The molecule has 0 saturated carbocycles. The Morgan fingerprint density at radius 1 is 0.966 bits per heavy atom. The lowest BCUT2D eigenvalue weighted by Gasteiger charge is -2.26. The molecule has 29 heavy (non-hydrogen) atoms. The second-order valence-electron chi connectivity index (χ2n) is 7.12. The van der Waals surface area contributed by atoms with E-state index in [1.54, 1.807) is 30.3 Å². The fraction of sp³-hybridized carbons (Fsp3) is 0.261. The van der Waals surface area contributed by atoms with Crippen LogP contribution in [0.2, 0.25) is 0 Å². The molecule has 2 N–H and O–H groups in total. The van der Waals surface area contributed by atoms with Crippen LogP contribution in [-0.2, 0) is 4.79 Å². The second-order valence-corrected chi connectivity index (χ2v) is 7.53. The molecule has 1 aliphatic rings. The third kappa shape index (κ3) is 6.26. The van der Waals surface area contributed by atoms with Gasteiger partial charge in [-0.3, -0.25) is 14.9 Å². The Balaban J connectivity index is 1.50. The summed E-state index contributed by atoms with van der Waals surface area (Å²) in [5, 5.41) is 5.79. The number of amides is 2. The van der Waals surface area contributed by atoms with Crippen molar-refractivity contribution in [1.82, 2.24) is 10.2 Å². The first-order valence-electron chi connectivity index (χ1n) is 9.77. The van der Waals surface area contributed by atoms with Gasteiger partial charge in [0.05, 0.1) is 0 Å². The van der Waals surface area contributed by atoms with E-state index in [0.717, 1.165) is 31.5 Å². The molecule has 6 heteroatoms. The van der Waals surface area contributed by atoms with Gasteiger partial charge in [-0.2, -0.15) is 0 Å². The number of thiocarbonyl (C=S) groups is 1. The van der Waals surface area contributed by atoms with Crippen molar-refractivity contribution in [3.63, 3.8) is 0 Å². The van der Waals surface area contributed by atoms with Crippen molar-refractivity contribution >= 4 is 40.9 Å². The lowest BCUT2D eigenvalue weighted by Crippen LogP contribution is -2.35. The number of anilines is 1. The zero-order valence-electron chi connectivity index (χ0n) is 16.5. The standard InChI is InChI=1S/C23H25N3O2S/c1-17-5-7-18(8-6-17)9-14-21(27)25-23(29)24-20-12-10-19(11-13-20)22(28)26-15-3-2-4-16-26/h5-14H,2-4,15-16H2,1H3,(H2,24,25,27,29)/b14-9+. The van der Waals surface area contributed by atoms with Crippen LogP contribution in [0.5, 0.6) is 0 Å². The van der Waals surface area contributed by atoms with Crippen LogP contribution in [-0.4, -0.2) is 34.9 Å². The van der Waals surface area contributed by atoms with Crippen LogP contribution in [0, 0.1) is 6.92 Å². The summed E-state index contributed by atoms with van der Waals surface area (Å²) in [5.74, 6) is -0.242. The van der Waals surface area contributed by atoms with Crippen LogP contribution >= 0.6 is 12.2 Å². The predicted molar refractivity (Wildman–Crippen MR) is 121 cm³/mol. The van der Waals surface area contributed by atoms with E-state index in [2.05, 4.69) is 10.6 Å². The van der Waals surface area contributed by atoms with E-state index >= 15 is 0 Å². The Bertz CT molecular complexity index is 899. The SMILES string of the molecule is Cc1ccc(/C=C/C(=O)NC(=S)Nc2ccc(C(=O)N3CCCCC3)cc2)cc1. The summed E-state index contributed by atoms with van der Waals surface area (Å²) in [6.45, 7) is 3.66. The van der Waals surface area contributed by atoms with Gasteiger partial charge in [0.25, 0.3) is 5.91 Å². The first-order valence-corrected chi connectivity index (χ1v) is 10.2. The van der Waals surface area contributed by atoms with E-state index in [1.165, 1.54) is 18.1 Å². The molecule has 2 amide bonds. The fourth-order valence-corrected chi connectivity index (χ4v) is 3.36. The quantitative estimate of drug-likeness (QED) is 0.591. The first-order chi connectivity index (χ1) is 14.0. The minimum atomic E-state index is -0.306. The molecule has 0 unspecified atom stereocenters. The largest absolute Gasteiger partial charge is 0.339 e. The van der Waals surface area contributed by atoms with Gasteiger partial charge in [-0.15, -0.1) is 0 Å². The number of nitrogens with one attached hydrogen (secondary N) is 2. The van der Waals surface area contributed by atoms with Crippen molar-refractivity contribution in [3.05, 3.63) is 71.3 Å². The summed E-state index contributed by atoms with van der Waals surface area (Å²) in [7, 11) is 0. The molecule has 0 atom stereocenters. The van der Waals surface area contributed by atoms with Gasteiger partial charge in [0.1, 0.15) is 0 Å². The van der Waals surface area contributed by atoms with Crippen LogP contribution in [0.1, 0.15) is 40.7 Å². The lowest BCUT2D eigenvalue weighted by atomic mass is 10.1. The van der Waals surface area contributed by atoms with E-state index in [9.17, 15) is 9.59 Å². The Hall–Kier alpha value is -2.99. The smallest absolute Gasteiger partial charge is 0.253 e. The van der Waals surface area contributed by atoms with E-state index in [4.69, 9.17) is 12.2 Å². The lowest BCUT2D eigenvalue weighted by molar-refractivity contribution is -0.115. The molecule has 3 rings (SSSR count). The summed E-state index contributed by atoms with van der Waals surface area (Å²) >= 11 is 5.19. The molecule has 0 radical (unpaired) electrons. The number of rotatable bonds is 4. The number of carbonyl (C=O) groups excluding carboxylic acids is 2. The van der Waals surface area contributed by atoms with E-state index in [0.29, 0.717) is 11.3 Å². The van der Waals surface area contributed by atoms with Crippen LogP contribution in [0.25, 0.3) is 6.08 Å². The Morgan fingerprint density at radius 2 is 1.62 bits per heavy atom. The molecule has 2 aromatic carbocycles. The molecule has 2 aromatic rings. The third-order valence-electron chi connectivity index (χ3n) is 4.77. The normalized spacial score (nSPS) is 13.9. The van der Waals surface area contributed by atoms with Crippen LogP contribution in [0.15, 0.2) is 54.6 Å². The molecule has 1 fully saturated rings. The number of benzene rings is 2. The first kappa shape index (κ1) is 20.7. The molecule has 150 valence electrons. The fourth-order valence-electron chi connectivity index (χ4n) is 3.14. The van der Waals surface area contributed by atoms with E-state index in [1.807, 2.05) is 36.1 Å². The average molecular weight is 408 g/mol. The van der Waals surface area contributed by atoms with Gasteiger partial charge in [-0.1, -0.05) is 29.8 Å². The summed E-state index contributed by atoms with van der Waals surface area (Å²) in [6.07, 6.45) is 6.50. The van der Waals surface area contributed by atoms with Crippen molar-refractivity contribution in [2.45, 2.75) is 26.2 Å². The molecule has 0 aliphatic carbocycles. The van der Waals surface area contributed by atoms with Crippen LogP contribution in [0.4, 0.5) is 5.69 Å². The predicted octanol–water partition coefficient (Wildman–Crippen LogP) is 4.15. The minimum Gasteiger partial charge on any atom is -0.339 e. The molecule has 0 bridgehead atoms. The Labute approximate surface area is 176 Å². The molecule has 0 spiro atoms. The second kappa shape index (κ2) is 9.98. The van der Waals surface area contributed by atoms with Gasteiger partial charge in [0.2, 0.25) is 5.91 Å². The van der Waals surface area contributed by atoms with Gasteiger partial charge in [0.15, 0.2) is 5.11 Å². The Morgan fingerprint density at radius 3 is 2.28 bits per heavy atom. The Kier molecular flexibility index (Phi) is 7.14. The maximum atomic E-state index is 12.5. The van der Waals surface area contributed by atoms with Crippen LogP contribution < -0.4 is 10.6 Å². The van der Waals surface area contributed by atoms with Crippen molar-refractivity contribution in [2.24, 2.45) is 0 Å². The number of hydrogen-bond donors (Lipinski definition) is 2. The highest BCUT2D eigenvalue weighted by Gasteiger charge is 2.17. The summed E-state index contributed by atoms with van der Waals surface area (Å²) in [5.41, 5.74) is 3.49. The van der Waals surface area contributed by atoms with Gasteiger partial charge in [-0.25, -0.2) is 0 Å². The number of nitrogens with zero attached hydrogens (tertiary/aromatic N) is 1. The number of piperidine rings is 1. The highest BCUT2D eigenvalue weighted by Crippen LogP contribution is 2.15. The van der Waals surface area contributed by atoms with Gasteiger partial charge in [0, 0.05) is 30.4 Å². The monoisotopic (exact) mass is 407 g/mol. The molecule has 0 aromatic heterocycles. The summed E-state index contributed by atoms with van der Waals surface area (Å²) < 4.78 is 0. The zero-order chi connectivity index (χ0) is 20.6. The average Bonchev–Trinajstić information content (AvgIpc) is 2.74. The van der Waals surface area contributed by atoms with Crippen molar-refractivity contribution in [2.75, 3.05) is 18.4 Å². The number of aryl methyl sites for hydroxylation is 1. The van der Waals surface area contributed by atoms with Gasteiger partial charge < -0.3 is 10.2 Å².